The van der Waals surface area contributed by atoms with Crippen LogP contribution in [0.25, 0.3) is 0 Å². The Morgan fingerprint density at radius 1 is 0.914 bits per heavy atom. The number of aliphatic carboxylic acids is 1. The number of hydrogen-bond donors (Lipinski definition) is 1. The first-order chi connectivity index (χ1) is 16.4. The molecule has 3 atom stereocenters. The van der Waals surface area contributed by atoms with Crippen LogP contribution in [-0.4, -0.2) is 23.3 Å². The van der Waals surface area contributed by atoms with Crippen LogP contribution in [0.5, 0.6) is 11.5 Å². The van der Waals surface area contributed by atoms with Crippen molar-refractivity contribution in [3.63, 3.8) is 0 Å². The van der Waals surface area contributed by atoms with Crippen LogP contribution in [0, 0.1) is 38.5 Å². The molecular weight excluding hydrogens is 436 g/mol. The number of hydrogen-bond acceptors (Lipinski definition) is 3. The molecule has 0 aromatic heterocycles. The van der Waals surface area contributed by atoms with Crippen LogP contribution in [0.1, 0.15) is 121 Å². The third-order valence-electron chi connectivity index (χ3n) is 8.18. The van der Waals surface area contributed by atoms with Gasteiger partial charge in [-0.05, 0) is 87.8 Å². The van der Waals surface area contributed by atoms with Crippen LogP contribution in [0.2, 0.25) is 0 Å². The van der Waals surface area contributed by atoms with Crippen LogP contribution in [-0.2, 0) is 11.2 Å². The largest absolute Gasteiger partial charge is 0.487 e. The smallest absolute Gasteiger partial charge is 0.341 e. The highest BCUT2D eigenvalue weighted by molar-refractivity contribution is 5.69. The molecule has 0 amide bonds. The van der Waals surface area contributed by atoms with Gasteiger partial charge in [-0.2, -0.15) is 0 Å². The summed E-state index contributed by atoms with van der Waals surface area (Å²) >= 11 is 0. The lowest BCUT2D eigenvalue weighted by Gasteiger charge is -2.38. The lowest BCUT2D eigenvalue weighted by atomic mass is 9.83. The monoisotopic (exact) mass is 488 g/mol. The van der Waals surface area contributed by atoms with Gasteiger partial charge in [0.25, 0.3) is 0 Å². The van der Waals surface area contributed by atoms with E-state index < -0.39 is 5.97 Å². The Morgan fingerprint density at radius 3 is 2.06 bits per heavy atom. The molecule has 0 bridgehead atoms. The molecule has 0 saturated carbocycles. The summed E-state index contributed by atoms with van der Waals surface area (Å²) in [7, 11) is 0. The molecule has 0 saturated heterocycles. The van der Waals surface area contributed by atoms with Crippen LogP contribution in [0.15, 0.2) is 0 Å². The fraction of sp³-hybridized carbons (Fsp3) is 0.774. The first-order valence-corrected chi connectivity index (χ1v) is 14.1. The highest BCUT2D eigenvalue weighted by Crippen LogP contribution is 2.45. The Morgan fingerprint density at radius 2 is 1.49 bits per heavy atom. The molecule has 1 heterocycles. The SMILES string of the molecule is Cc1c(C)c2c(c(C)c1OCC(=O)O)CC[C@@](C)(CCCC(C)CCCC(C)CCCC(C)C)O2. The van der Waals surface area contributed by atoms with E-state index >= 15 is 0 Å². The Kier molecular flexibility index (Phi) is 11.4. The standard InChI is InChI=1S/C31H52O4/c1-21(2)12-9-13-22(3)14-10-15-23(4)16-11-18-31(8)19-17-27-26(7)29(34-20-28(32)33)24(5)25(6)30(27)35-31/h21-23H,9-20H2,1-8H3,(H,32,33)/t22?,23?,31-/m1/s1. The number of carboxylic acids is 1. The molecule has 35 heavy (non-hydrogen) atoms. The van der Waals surface area contributed by atoms with E-state index in [0.29, 0.717) is 5.75 Å². The normalized spacial score (nSPS) is 19.2. The summed E-state index contributed by atoms with van der Waals surface area (Å²) < 4.78 is 12.3. The number of carboxylic acid groups (broad SMARTS) is 1. The van der Waals surface area contributed by atoms with Crippen molar-refractivity contribution < 1.29 is 19.4 Å². The quantitative estimate of drug-likeness (QED) is 0.268. The topological polar surface area (TPSA) is 55.8 Å². The average molecular weight is 489 g/mol. The van der Waals surface area contributed by atoms with Crippen LogP contribution in [0.4, 0.5) is 0 Å². The van der Waals surface area contributed by atoms with Crippen molar-refractivity contribution in [2.45, 2.75) is 132 Å². The second-order valence-electron chi connectivity index (χ2n) is 12.1. The zero-order valence-corrected chi connectivity index (χ0v) is 23.9. The second-order valence-corrected chi connectivity index (χ2v) is 12.1. The van der Waals surface area contributed by atoms with Gasteiger partial charge in [0.05, 0.1) is 0 Å². The van der Waals surface area contributed by atoms with Gasteiger partial charge in [-0.25, -0.2) is 4.79 Å². The van der Waals surface area contributed by atoms with E-state index in [-0.39, 0.29) is 12.2 Å². The van der Waals surface area contributed by atoms with Gasteiger partial charge in [0.1, 0.15) is 17.1 Å². The maximum absolute atomic E-state index is 11.0. The van der Waals surface area contributed by atoms with E-state index in [0.717, 1.165) is 59.5 Å². The van der Waals surface area contributed by atoms with Gasteiger partial charge < -0.3 is 14.6 Å². The molecule has 200 valence electrons. The highest BCUT2D eigenvalue weighted by Gasteiger charge is 2.34. The second kappa shape index (κ2) is 13.6. The Bertz CT molecular complexity index is 828. The molecule has 4 nitrogen and oxygen atoms in total. The molecule has 1 aromatic carbocycles. The zero-order valence-electron chi connectivity index (χ0n) is 23.9. The van der Waals surface area contributed by atoms with E-state index in [2.05, 4.69) is 41.5 Å². The van der Waals surface area contributed by atoms with E-state index in [1.807, 2.05) is 13.8 Å². The van der Waals surface area contributed by atoms with Crippen molar-refractivity contribution in [1.82, 2.24) is 0 Å². The number of rotatable bonds is 15. The number of benzene rings is 1. The predicted molar refractivity (Wildman–Crippen MR) is 146 cm³/mol. The van der Waals surface area contributed by atoms with Gasteiger partial charge in [-0.1, -0.05) is 72.6 Å². The minimum atomic E-state index is -0.951. The third kappa shape index (κ3) is 9.03. The molecule has 0 fully saturated rings. The van der Waals surface area contributed by atoms with E-state index in [1.165, 1.54) is 56.9 Å². The molecule has 0 aliphatic carbocycles. The molecule has 1 aromatic rings. The Hall–Kier alpha value is -1.71. The van der Waals surface area contributed by atoms with Gasteiger partial charge in [-0.3, -0.25) is 0 Å². The molecule has 2 rings (SSSR count). The predicted octanol–water partition coefficient (Wildman–Crippen LogP) is 8.60. The van der Waals surface area contributed by atoms with Crippen LogP contribution < -0.4 is 9.47 Å². The maximum Gasteiger partial charge on any atom is 0.341 e. The molecule has 2 unspecified atom stereocenters. The summed E-state index contributed by atoms with van der Waals surface area (Å²) in [6.07, 6.45) is 13.7. The fourth-order valence-corrected chi connectivity index (χ4v) is 5.61. The highest BCUT2D eigenvalue weighted by atomic mass is 16.5. The fourth-order valence-electron chi connectivity index (χ4n) is 5.61. The number of carbonyl (C=O) groups is 1. The van der Waals surface area contributed by atoms with Crippen molar-refractivity contribution in [1.29, 1.82) is 0 Å². The summed E-state index contributed by atoms with van der Waals surface area (Å²) in [6.45, 7) is 17.5. The molecular formula is C31H52O4. The Balaban J connectivity index is 1.83. The summed E-state index contributed by atoms with van der Waals surface area (Å²) in [5.74, 6) is 3.22. The zero-order chi connectivity index (χ0) is 26.2. The minimum Gasteiger partial charge on any atom is -0.487 e. The maximum atomic E-state index is 11.0. The summed E-state index contributed by atoms with van der Waals surface area (Å²) in [5, 5.41) is 9.02. The summed E-state index contributed by atoms with van der Waals surface area (Å²) in [6, 6.07) is 0. The third-order valence-corrected chi connectivity index (χ3v) is 8.18. The molecule has 1 aliphatic heterocycles. The summed E-state index contributed by atoms with van der Waals surface area (Å²) in [4.78, 5) is 11.0. The van der Waals surface area contributed by atoms with Crippen molar-refractivity contribution in [2.24, 2.45) is 17.8 Å². The molecule has 4 heteroatoms. The minimum absolute atomic E-state index is 0.134. The van der Waals surface area contributed by atoms with Gasteiger partial charge in [0.2, 0.25) is 0 Å². The molecule has 0 spiro atoms. The van der Waals surface area contributed by atoms with E-state index in [4.69, 9.17) is 14.6 Å². The summed E-state index contributed by atoms with van der Waals surface area (Å²) in [5.41, 5.74) is 4.14. The molecule has 1 N–H and O–H groups in total. The van der Waals surface area contributed by atoms with Crippen LogP contribution >= 0.6 is 0 Å². The number of ether oxygens (including phenoxy) is 2. The molecule has 1 aliphatic rings. The van der Waals surface area contributed by atoms with Crippen molar-refractivity contribution >= 4 is 5.97 Å². The van der Waals surface area contributed by atoms with Crippen molar-refractivity contribution in [2.75, 3.05) is 6.61 Å². The number of fused-ring (bicyclic) bond motifs is 1. The van der Waals surface area contributed by atoms with Crippen LogP contribution in [0.3, 0.4) is 0 Å². The van der Waals surface area contributed by atoms with Gasteiger partial charge in [0, 0.05) is 5.56 Å². The van der Waals surface area contributed by atoms with E-state index in [9.17, 15) is 4.79 Å². The first kappa shape index (κ1) is 29.5. The lowest BCUT2D eigenvalue weighted by Crippen LogP contribution is -2.37. The average Bonchev–Trinajstić information content (AvgIpc) is 2.77. The van der Waals surface area contributed by atoms with Gasteiger partial charge in [-0.15, -0.1) is 0 Å². The lowest BCUT2D eigenvalue weighted by molar-refractivity contribution is -0.139. The van der Waals surface area contributed by atoms with Gasteiger partial charge >= 0.3 is 5.97 Å². The molecule has 0 radical (unpaired) electrons. The Labute approximate surface area is 215 Å². The first-order valence-electron chi connectivity index (χ1n) is 14.1. The van der Waals surface area contributed by atoms with Crippen molar-refractivity contribution in [3.8, 4) is 11.5 Å². The van der Waals surface area contributed by atoms with E-state index in [1.54, 1.807) is 0 Å². The van der Waals surface area contributed by atoms with Crippen molar-refractivity contribution in [3.05, 3.63) is 22.3 Å². The van der Waals surface area contributed by atoms with Gasteiger partial charge in [0.15, 0.2) is 6.61 Å².